The molecule has 0 saturated carbocycles. The fourth-order valence-electron chi connectivity index (χ4n) is 1.74. The van der Waals surface area contributed by atoms with E-state index in [0.717, 1.165) is 30.2 Å². The molecule has 6 nitrogen and oxygen atoms in total. The summed E-state index contributed by atoms with van der Waals surface area (Å²) >= 11 is 0. The lowest BCUT2D eigenvalue weighted by Crippen LogP contribution is -2.08. The molecule has 0 aliphatic heterocycles. The maximum Gasteiger partial charge on any atom is 0.137 e. The van der Waals surface area contributed by atoms with E-state index in [0.29, 0.717) is 5.69 Å². The summed E-state index contributed by atoms with van der Waals surface area (Å²) in [4.78, 5) is 4.07. The maximum atomic E-state index is 5.85. The number of nitrogens with two attached hydrogens (primary N) is 1. The van der Waals surface area contributed by atoms with Crippen LogP contribution in [0.4, 0.5) is 11.4 Å². The van der Waals surface area contributed by atoms with Gasteiger partial charge in [0.1, 0.15) is 17.9 Å². The number of H-pyrrole nitrogens is 1. The van der Waals surface area contributed by atoms with Crippen LogP contribution in [-0.2, 0) is 6.42 Å². The molecule has 0 aliphatic rings. The van der Waals surface area contributed by atoms with Crippen LogP contribution >= 0.6 is 0 Å². The highest BCUT2D eigenvalue weighted by Crippen LogP contribution is 2.23. The largest absolute Gasteiger partial charge is 0.491 e. The monoisotopic (exact) mass is 261 g/mol. The molecule has 1 aromatic heterocycles. The number of aromatic amines is 1. The van der Waals surface area contributed by atoms with Crippen molar-refractivity contribution in [3.8, 4) is 5.75 Å². The minimum absolute atomic E-state index is 0.129. The van der Waals surface area contributed by atoms with Crippen molar-refractivity contribution in [3.05, 3.63) is 30.4 Å². The zero-order valence-electron chi connectivity index (χ0n) is 11.2. The molecule has 0 unspecified atom stereocenters. The molecule has 0 bridgehead atoms. The van der Waals surface area contributed by atoms with Crippen LogP contribution in [0.25, 0.3) is 0 Å². The molecule has 2 aromatic rings. The second-order valence-corrected chi connectivity index (χ2v) is 4.57. The quantitative estimate of drug-likeness (QED) is 0.690. The number of anilines is 2. The first-order chi connectivity index (χ1) is 9.13. The third kappa shape index (κ3) is 4.17. The Labute approximate surface area is 112 Å². The first-order valence-corrected chi connectivity index (χ1v) is 6.29. The van der Waals surface area contributed by atoms with E-state index >= 15 is 0 Å². The molecule has 0 saturated heterocycles. The van der Waals surface area contributed by atoms with Crippen LogP contribution in [0.15, 0.2) is 24.5 Å². The number of ether oxygens (including phenoxy) is 1. The van der Waals surface area contributed by atoms with E-state index in [1.807, 2.05) is 32.0 Å². The van der Waals surface area contributed by atoms with Crippen molar-refractivity contribution in [2.75, 3.05) is 17.6 Å². The van der Waals surface area contributed by atoms with Gasteiger partial charge in [0.05, 0.1) is 6.10 Å². The summed E-state index contributed by atoms with van der Waals surface area (Å²) in [5, 5.41) is 9.92. The Balaban J connectivity index is 1.93. The van der Waals surface area contributed by atoms with E-state index in [1.54, 1.807) is 0 Å². The Kier molecular flexibility index (Phi) is 4.22. The number of aromatic nitrogens is 3. The molecule has 0 fully saturated rings. The van der Waals surface area contributed by atoms with Crippen molar-refractivity contribution in [1.82, 2.24) is 15.2 Å². The number of hydrogen-bond donors (Lipinski definition) is 3. The van der Waals surface area contributed by atoms with Gasteiger partial charge in [-0.2, -0.15) is 5.10 Å². The lowest BCUT2D eigenvalue weighted by atomic mass is 10.2. The zero-order valence-corrected chi connectivity index (χ0v) is 11.2. The molecule has 1 aromatic carbocycles. The van der Waals surface area contributed by atoms with Crippen molar-refractivity contribution in [2.45, 2.75) is 26.4 Å². The van der Waals surface area contributed by atoms with E-state index < -0.39 is 0 Å². The number of hydrogen-bond acceptors (Lipinski definition) is 5. The molecule has 0 atom stereocenters. The average molecular weight is 261 g/mol. The summed E-state index contributed by atoms with van der Waals surface area (Å²) in [5.41, 5.74) is 7.47. The van der Waals surface area contributed by atoms with Crippen molar-refractivity contribution >= 4 is 11.4 Å². The van der Waals surface area contributed by atoms with Gasteiger partial charge in [0.25, 0.3) is 0 Å². The SMILES string of the molecule is CC(C)Oc1cc(N)cc(NCCc2ncn[nH]2)c1. The predicted octanol–water partition coefficient (Wildman–Crippen LogP) is 1.83. The number of rotatable bonds is 6. The van der Waals surface area contributed by atoms with Crippen molar-refractivity contribution in [1.29, 1.82) is 0 Å². The average Bonchev–Trinajstić information content (AvgIpc) is 2.80. The van der Waals surface area contributed by atoms with Gasteiger partial charge in [-0.1, -0.05) is 0 Å². The first-order valence-electron chi connectivity index (χ1n) is 6.29. The molecule has 6 heteroatoms. The number of nitrogens with one attached hydrogen (secondary N) is 2. The summed E-state index contributed by atoms with van der Waals surface area (Å²) in [6.07, 6.45) is 2.41. The summed E-state index contributed by atoms with van der Waals surface area (Å²) in [7, 11) is 0. The highest BCUT2D eigenvalue weighted by Gasteiger charge is 2.02. The normalized spacial score (nSPS) is 10.7. The molecule has 19 heavy (non-hydrogen) atoms. The van der Waals surface area contributed by atoms with Crippen LogP contribution in [0.1, 0.15) is 19.7 Å². The second-order valence-electron chi connectivity index (χ2n) is 4.57. The minimum atomic E-state index is 0.129. The van der Waals surface area contributed by atoms with Crippen molar-refractivity contribution in [3.63, 3.8) is 0 Å². The minimum Gasteiger partial charge on any atom is -0.491 e. The van der Waals surface area contributed by atoms with Crippen LogP contribution in [0, 0.1) is 0 Å². The van der Waals surface area contributed by atoms with Gasteiger partial charge in [-0.15, -0.1) is 0 Å². The highest BCUT2D eigenvalue weighted by atomic mass is 16.5. The first kappa shape index (κ1) is 13.2. The summed E-state index contributed by atoms with van der Waals surface area (Å²) < 4.78 is 5.64. The Morgan fingerprint density at radius 1 is 1.37 bits per heavy atom. The number of nitrogens with zero attached hydrogens (tertiary/aromatic N) is 2. The second kappa shape index (κ2) is 6.08. The fraction of sp³-hybridized carbons (Fsp3) is 0.385. The Morgan fingerprint density at radius 3 is 2.89 bits per heavy atom. The van der Waals surface area contributed by atoms with Crippen LogP contribution in [0.2, 0.25) is 0 Å². The predicted molar refractivity (Wildman–Crippen MR) is 75.2 cm³/mol. The van der Waals surface area contributed by atoms with Gasteiger partial charge >= 0.3 is 0 Å². The lowest BCUT2D eigenvalue weighted by Gasteiger charge is -2.13. The molecule has 2 rings (SSSR count). The number of nitrogen functional groups attached to an aromatic ring is 1. The molecule has 0 amide bonds. The van der Waals surface area contributed by atoms with Gasteiger partial charge in [0.15, 0.2) is 0 Å². The van der Waals surface area contributed by atoms with Crippen molar-refractivity contribution in [2.24, 2.45) is 0 Å². The summed E-state index contributed by atoms with van der Waals surface area (Å²) in [5.74, 6) is 1.63. The third-order valence-corrected chi connectivity index (χ3v) is 2.46. The summed E-state index contributed by atoms with van der Waals surface area (Å²) in [6.45, 7) is 4.72. The van der Waals surface area contributed by atoms with Crippen LogP contribution in [-0.4, -0.2) is 27.8 Å². The van der Waals surface area contributed by atoms with Crippen LogP contribution in [0.3, 0.4) is 0 Å². The molecule has 102 valence electrons. The van der Waals surface area contributed by atoms with Crippen molar-refractivity contribution < 1.29 is 4.74 Å². The van der Waals surface area contributed by atoms with Gasteiger partial charge in [0.2, 0.25) is 0 Å². The molecular weight excluding hydrogens is 242 g/mol. The van der Waals surface area contributed by atoms with Gasteiger partial charge in [-0.25, -0.2) is 4.98 Å². The van der Waals surface area contributed by atoms with Gasteiger partial charge in [0, 0.05) is 36.5 Å². The van der Waals surface area contributed by atoms with E-state index in [-0.39, 0.29) is 6.10 Å². The van der Waals surface area contributed by atoms with Gasteiger partial charge < -0.3 is 15.8 Å². The molecular formula is C13H19N5O. The van der Waals surface area contributed by atoms with Gasteiger partial charge in [-0.05, 0) is 19.9 Å². The zero-order chi connectivity index (χ0) is 13.7. The van der Waals surface area contributed by atoms with Crippen LogP contribution < -0.4 is 15.8 Å². The molecule has 0 aliphatic carbocycles. The smallest absolute Gasteiger partial charge is 0.137 e. The topological polar surface area (TPSA) is 88.8 Å². The third-order valence-electron chi connectivity index (χ3n) is 2.46. The Bertz CT molecular complexity index is 510. The molecule has 0 radical (unpaired) electrons. The van der Waals surface area contributed by atoms with E-state index in [2.05, 4.69) is 20.5 Å². The Hall–Kier alpha value is -2.24. The Morgan fingerprint density at radius 2 is 2.21 bits per heavy atom. The van der Waals surface area contributed by atoms with Crippen LogP contribution in [0.5, 0.6) is 5.75 Å². The van der Waals surface area contributed by atoms with Gasteiger partial charge in [-0.3, -0.25) is 5.10 Å². The summed E-state index contributed by atoms with van der Waals surface area (Å²) in [6, 6.07) is 5.64. The standard InChI is InChI=1S/C13H19N5O/c1-9(2)19-12-6-10(14)5-11(7-12)15-4-3-13-16-8-17-18-13/h5-9,15H,3-4,14H2,1-2H3,(H,16,17,18). The molecule has 1 heterocycles. The molecule has 0 spiro atoms. The maximum absolute atomic E-state index is 5.85. The number of benzene rings is 1. The van der Waals surface area contributed by atoms with E-state index in [9.17, 15) is 0 Å². The van der Waals surface area contributed by atoms with E-state index in [1.165, 1.54) is 6.33 Å². The highest BCUT2D eigenvalue weighted by molar-refractivity contribution is 5.59. The van der Waals surface area contributed by atoms with E-state index in [4.69, 9.17) is 10.5 Å². The molecule has 4 N–H and O–H groups in total. The lowest BCUT2D eigenvalue weighted by molar-refractivity contribution is 0.242. The fourth-order valence-corrected chi connectivity index (χ4v) is 1.74.